The third-order valence-electron chi connectivity index (χ3n) is 5.15. The third-order valence-corrected chi connectivity index (χ3v) is 5.98. The van der Waals surface area contributed by atoms with Crippen LogP contribution in [0, 0.1) is 11.6 Å². The van der Waals surface area contributed by atoms with Crippen molar-refractivity contribution in [1.29, 1.82) is 0 Å². The summed E-state index contributed by atoms with van der Waals surface area (Å²) in [5, 5.41) is 0. The second-order valence-corrected chi connectivity index (χ2v) is 9.41. The van der Waals surface area contributed by atoms with Gasteiger partial charge in [0.15, 0.2) is 0 Å². The highest BCUT2D eigenvalue weighted by atomic mass is 79.9. The molecule has 0 N–H and O–H groups in total. The number of hydrogen-bond donors (Lipinski definition) is 0. The Morgan fingerprint density at radius 3 is 2.24 bits per heavy atom. The van der Waals surface area contributed by atoms with Gasteiger partial charge in [0.25, 0.3) is 5.91 Å². The SMILES string of the molecule is C=C(/C=C(\C)CN1CC=C(c2c(F)cc(C(=O)N(C)C)cc2F)CC1)/C(Br)=C\CN(C)C.CC. The lowest BCUT2D eigenvalue weighted by Gasteiger charge is -2.27. The van der Waals surface area contributed by atoms with Crippen LogP contribution in [0.1, 0.15) is 43.1 Å². The quantitative estimate of drug-likeness (QED) is 0.373. The van der Waals surface area contributed by atoms with E-state index in [2.05, 4.69) is 51.4 Å². The number of amides is 1. The zero-order valence-corrected chi connectivity index (χ0v) is 23.1. The van der Waals surface area contributed by atoms with E-state index in [1.54, 1.807) is 14.1 Å². The molecule has 0 bridgehead atoms. The zero-order valence-electron chi connectivity index (χ0n) is 21.5. The molecule has 0 atom stereocenters. The van der Waals surface area contributed by atoms with Gasteiger partial charge in [-0.1, -0.05) is 60.2 Å². The number of benzene rings is 1. The number of halogens is 3. The summed E-state index contributed by atoms with van der Waals surface area (Å²) in [6, 6.07) is 2.24. The van der Waals surface area contributed by atoms with Crippen LogP contribution in [0.25, 0.3) is 5.57 Å². The molecular formula is C27H38BrF2N3O. The largest absolute Gasteiger partial charge is 0.345 e. The molecular weight excluding hydrogens is 500 g/mol. The van der Waals surface area contributed by atoms with Crippen molar-refractivity contribution in [2.45, 2.75) is 27.2 Å². The predicted molar refractivity (Wildman–Crippen MR) is 143 cm³/mol. The molecule has 0 radical (unpaired) electrons. The number of carbonyl (C=O) groups excluding carboxylic acids is 1. The van der Waals surface area contributed by atoms with E-state index in [0.29, 0.717) is 25.1 Å². The van der Waals surface area contributed by atoms with Crippen molar-refractivity contribution in [1.82, 2.24) is 14.7 Å². The summed E-state index contributed by atoms with van der Waals surface area (Å²) in [6.45, 7) is 13.0. The van der Waals surface area contributed by atoms with Gasteiger partial charge in [-0.25, -0.2) is 8.78 Å². The molecule has 0 unspecified atom stereocenters. The van der Waals surface area contributed by atoms with Gasteiger partial charge in [-0.2, -0.15) is 0 Å². The van der Waals surface area contributed by atoms with E-state index in [1.165, 1.54) is 4.90 Å². The Hall–Kier alpha value is -2.09. The van der Waals surface area contributed by atoms with Crippen LogP contribution in [-0.4, -0.2) is 75.0 Å². The van der Waals surface area contributed by atoms with E-state index in [9.17, 15) is 13.6 Å². The number of nitrogens with zero attached hydrogens (tertiary/aromatic N) is 3. The summed E-state index contributed by atoms with van der Waals surface area (Å²) >= 11 is 3.57. The van der Waals surface area contributed by atoms with Crippen molar-refractivity contribution in [3.05, 3.63) is 75.3 Å². The number of carbonyl (C=O) groups is 1. The van der Waals surface area contributed by atoms with Gasteiger partial charge in [0.05, 0.1) is 0 Å². The van der Waals surface area contributed by atoms with Crippen molar-refractivity contribution in [3.8, 4) is 0 Å². The third kappa shape index (κ3) is 8.93. The van der Waals surface area contributed by atoms with E-state index >= 15 is 0 Å². The van der Waals surface area contributed by atoms with Gasteiger partial charge in [0, 0.05) is 55.9 Å². The van der Waals surface area contributed by atoms with Crippen LogP contribution in [0.3, 0.4) is 0 Å². The van der Waals surface area contributed by atoms with E-state index in [4.69, 9.17) is 0 Å². The topological polar surface area (TPSA) is 26.8 Å². The van der Waals surface area contributed by atoms with Gasteiger partial charge in [0.2, 0.25) is 0 Å². The summed E-state index contributed by atoms with van der Waals surface area (Å²) in [5.41, 5.74) is 2.69. The van der Waals surface area contributed by atoms with Gasteiger partial charge >= 0.3 is 0 Å². The average Bonchev–Trinajstić information content (AvgIpc) is 2.78. The lowest BCUT2D eigenvalue weighted by Crippen LogP contribution is -2.30. The fraction of sp³-hybridized carbons (Fsp3) is 0.444. The molecule has 7 heteroatoms. The lowest BCUT2D eigenvalue weighted by molar-refractivity contribution is 0.0826. The molecule has 0 aromatic heterocycles. The standard InChI is InChI=1S/C25H32BrF2N3O.C2H6/c1-17(13-18(2)21(26)9-10-29(3)4)16-31-11-7-19(8-12-31)24-22(27)14-20(15-23(24)28)25(32)30(5)6;1-2/h7,9,13-15H,2,8,10-12,16H2,1,3-6H3;1-2H3/b17-13+,21-9+;. The highest BCUT2D eigenvalue weighted by Gasteiger charge is 2.21. The molecule has 0 aliphatic carbocycles. The summed E-state index contributed by atoms with van der Waals surface area (Å²) in [6.07, 6.45) is 6.53. The van der Waals surface area contributed by atoms with E-state index in [-0.39, 0.29) is 11.1 Å². The molecule has 188 valence electrons. The van der Waals surface area contributed by atoms with Crippen molar-refractivity contribution in [2.75, 3.05) is 54.4 Å². The summed E-state index contributed by atoms with van der Waals surface area (Å²) in [4.78, 5) is 17.6. The second kappa shape index (κ2) is 14.3. The number of hydrogen-bond acceptors (Lipinski definition) is 3. The van der Waals surface area contributed by atoms with E-state index < -0.39 is 17.5 Å². The number of rotatable bonds is 8. The molecule has 4 nitrogen and oxygen atoms in total. The van der Waals surface area contributed by atoms with Gasteiger partial charge in [0.1, 0.15) is 11.6 Å². The molecule has 34 heavy (non-hydrogen) atoms. The number of likely N-dealkylation sites (N-methyl/N-ethyl adjacent to an activating group) is 1. The Labute approximate surface area is 212 Å². The Morgan fingerprint density at radius 2 is 1.76 bits per heavy atom. The molecule has 1 aromatic rings. The van der Waals surface area contributed by atoms with E-state index in [0.717, 1.165) is 40.9 Å². The predicted octanol–water partition coefficient (Wildman–Crippen LogP) is 6.12. The molecule has 1 aromatic carbocycles. The van der Waals surface area contributed by atoms with Gasteiger partial charge < -0.3 is 9.80 Å². The molecule has 1 aliphatic rings. The average molecular weight is 539 g/mol. The monoisotopic (exact) mass is 537 g/mol. The molecule has 1 amide bonds. The fourth-order valence-corrected chi connectivity index (χ4v) is 3.76. The fourth-order valence-electron chi connectivity index (χ4n) is 3.50. The lowest BCUT2D eigenvalue weighted by atomic mass is 9.96. The maximum atomic E-state index is 14.7. The van der Waals surface area contributed by atoms with E-state index in [1.807, 2.05) is 34.0 Å². The highest BCUT2D eigenvalue weighted by Crippen LogP contribution is 2.29. The van der Waals surface area contributed by atoms with Crippen LogP contribution in [0.4, 0.5) is 8.78 Å². The molecule has 0 spiro atoms. The Morgan fingerprint density at radius 1 is 1.18 bits per heavy atom. The van der Waals surface area contributed by atoms with Crippen LogP contribution in [-0.2, 0) is 0 Å². The second-order valence-electron chi connectivity index (χ2n) is 8.56. The first-order chi connectivity index (χ1) is 16.0. The molecule has 0 saturated heterocycles. The summed E-state index contributed by atoms with van der Waals surface area (Å²) < 4.78 is 30.3. The molecule has 0 saturated carbocycles. The Balaban J connectivity index is 0.00000281. The smallest absolute Gasteiger partial charge is 0.253 e. The minimum atomic E-state index is -0.698. The summed E-state index contributed by atoms with van der Waals surface area (Å²) in [7, 11) is 7.12. The maximum Gasteiger partial charge on any atom is 0.253 e. The van der Waals surface area contributed by atoms with Crippen molar-refractivity contribution in [3.63, 3.8) is 0 Å². The summed E-state index contributed by atoms with van der Waals surface area (Å²) in [5.74, 6) is -1.82. The minimum absolute atomic E-state index is 0.0126. The van der Waals surface area contributed by atoms with Crippen molar-refractivity contribution in [2.24, 2.45) is 0 Å². The van der Waals surface area contributed by atoms with Crippen LogP contribution in [0.5, 0.6) is 0 Å². The molecule has 2 rings (SSSR count). The number of allylic oxidation sites excluding steroid dienone is 3. The van der Waals surface area contributed by atoms with Crippen molar-refractivity contribution >= 4 is 27.4 Å². The van der Waals surface area contributed by atoms with Crippen LogP contribution in [0.2, 0.25) is 0 Å². The molecule has 1 heterocycles. The van der Waals surface area contributed by atoms with Crippen LogP contribution >= 0.6 is 15.9 Å². The molecule has 1 aliphatic heterocycles. The van der Waals surface area contributed by atoms with Gasteiger partial charge in [-0.3, -0.25) is 9.69 Å². The minimum Gasteiger partial charge on any atom is -0.345 e. The van der Waals surface area contributed by atoms with Crippen LogP contribution in [0.15, 0.2) is 52.6 Å². The molecule has 0 fully saturated rings. The first kappa shape index (κ1) is 29.9. The Bertz CT molecular complexity index is 942. The maximum absolute atomic E-state index is 14.7. The van der Waals surface area contributed by atoms with Crippen LogP contribution < -0.4 is 0 Å². The first-order valence-electron chi connectivity index (χ1n) is 11.5. The Kier molecular flexibility index (Phi) is 12.6. The zero-order chi connectivity index (χ0) is 26.0. The normalized spacial score (nSPS) is 15.0. The van der Waals surface area contributed by atoms with Crippen molar-refractivity contribution < 1.29 is 13.6 Å². The first-order valence-corrected chi connectivity index (χ1v) is 12.3. The van der Waals surface area contributed by atoms with Gasteiger partial charge in [-0.05, 0) is 50.7 Å². The highest BCUT2D eigenvalue weighted by molar-refractivity contribution is 9.12. The van der Waals surface area contributed by atoms with Gasteiger partial charge in [-0.15, -0.1) is 0 Å².